The Labute approximate surface area is 205 Å². The fourth-order valence-corrected chi connectivity index (χ4v) is 10.5. The van der Waals surface area contributed by atoms with Crippen LogP contribution in [-0.2, 0) is 23.8 Å². The van der Waals surface area contributed by atoms with Gasteiger partial charge in [-0.15, -0.1) is 0 Å². The average molecular weight is 473 g/mol. The van der Waals surface area contributed by atoms with Gasteiger partial charge in [0.1, 0.15) is 11.9 Å². The second-order valence-corrected chi connectivity index (χ2v) is 13.7. The van der Waals surface area contributed by atoms with Crippen LogP contribution < -0.4 is 0 Å². The second kappa shape index (κ2) is 7.78. The highest BCUT2D eigenvalue weighted by Crippen LogP contribution is 2.70. The van der Waals surface area contributed by atoms with Gasteiger partial charge in [-0.2, -0.15) is 0 Å². The smallest absolute Gasteiger partial charge is 0.302 e. The van der Waals surface area contributed by atoms with Gasteiger partial charge in [-0.3, -0.25) is 9.59 Å². The van der Waals surface area contributed by atoms with E-state index in [1.54, 1.807) is 0 Å². The Balaban J connectivity index is 1.28. The minimum absolute atomic E-state index is 0.00536. The zero-order valence-corrected chi connectivity index (χ0v) is 21.8. The van der Waals surface area contributed by atoms with E-state index in [0.717, 1.165) is 45.1 Å². The number of hydrogen-bond donors (Lipinski definition) is 0. The molecule has 2 unspecified atom stereocenters. The molecular weight excluding hydrogens is 428 g/mol. The number of ketones is 1. The van der Waals surface area contributed by atoms with Crippen LogP contribution in [0.5, 0.6) is 0 Å². The van der Waals surface area contributed by atoms with Crippen molar-refractivity contribution in [3.05, 3.63) is 0 Å². The quantitative estimate of drug-likeness (QED) is 0.469. The van der Waals surface area contributed by atoms with Gasteiger partial charge in [-0.25, -0.2) is 0 Å². The average Bonchev–Trinajstić information content (AvgIpc) is 3.19. The Morgan fingerprint density at radius 1 is 1.06 bits per heavy atom. The Hall–Kier alpha value is -0.940. The standard InChI is InChI=1S/C29H44O5/c1-16-10-11-29(32-15-16)17(2)25-24(34-29)12-22-21-9-7-19-6-8-20(33-18(3)30)13-27(19,4)26(21)23(31)14-28(22,25)5/h16-17,19-22,24-26H,6-15H2,1-5H3/t16-,17+,19?,20?,21+,22+,24+,25+,26-,27+,28+,29-/m1/s1. The second-order valence-electron chi connectivity index (χ2n) is 13.7. The Bertz CT molecular complexity index is 861. The molecule has 6 rings (SSSR count). The number of carbonyl (C=O) groups is 2. The van der Waals surface area contributed by atoms with Crippen molar-refractivity contribution in [3.63, 3.8) is 0 Å². The topological polar surface area (TPSA) is 61.8 Å². The summed E-state index contributed by atoms with van der Waals surface area (Å²) >= 11 is 0. The molecule has 6 aliphatic rings. The van der Waals surface area contributed by atoms with Crippen molar-refractivity contribution in [2.45, 2.75) is 110 Å². The first-order valence-electron chi connectivity index (χ1n) is 14.1. The first kappa shape index (κ1) is 23.5. The van der Waals surface area contributed by atoms with Crippen LogP contribution in [0, 0.1) is 52.3 Å². The van der Waals surface area contributed by atoms with Crippen molar-refractivity contribution in [3.8, 4) is 0 Å². The SMILES string of the molecule is CC(=O)OC1CCC2CC[C@H]3[C@@H]4C[C@@H]5O[C@]6(CC[C@@H](C)CO6)[C@@H](C)[C@@H]5[C@@]4(C)CC(=O)[C@@H]3[C@@]2(C)C1. The Morgan fingerprint density at radius 3 is 2.53 bits per heavy atom. The molecule has 5 heteroatoms. The normalized spacial score (nSPS) is 56.4. The molecule has 0 aromatic rings. The maximum atomic E-state index is 14.1. The number of ether oxygens (including phenoxy) is 3. The summed E-state index contributed by atoms with van der Waals surface area (Å²) in [6.45, 7) is 11.7. The highest BCUT2D eigenvalue weighted by molar-refractivity contribution is 5.84. The van der Waals surface area contributed by atoms with E-state index in [-0.39, 0.29) is 34.9 Å². The fraction of sp³-hybridized carbons (Fsp3) is 0.931. The molecule has 12 atom stereocenters. The van der Waals surface area contributed by atoms with E-state index in [2.05, 4.69) is 27.7 Å². The van der Waals surface area contributed by atoms with Crippen LogP contribution in [0.15, 0.2) is 0 Å². The van der Waals surface area contributed by atoms with Gasteiger partial charge >= 0.3 is 5.97 Å². The van der Waals surface area contributed by atoms with E-state index in [1.807, 2.05) is 0 Å². The number of rotatable bonds is 1. The van der Waals surface area contributed by atoms with Crippen molar-refractivity contribution in [1.29, 1.82) is 0 Å². The highest BCUT2D eigenvalue weighted by atomic mass is 16.7. The van der Waals surface area contributed by atoms with E-state index in [9.17, 15) is 9.59 Å². The van der Waals surface area contributed by atoms with Crippen molar-refractivity contribution >= 4 is 11.8 Å². The minimum atomic E-state index is -0.431. The lowest BCUT2D eigenvalue weighted by atomic mass is 9.44. The van der Waals surface area contributed by atoms with Crippen LogP contribution >= 0.6 is 0 Å². The van der Waals surface area contributed by atoms with E-state index >= 15 is 0 Å². The molecule has 1 spiro atoms. The van der Waals surface area contributed by atoms with Gasteiger partial charge in [0, 0.05) is 31.6 Å². The number of carbonyl (C=O) groups excluding carboxylic acids is 2. The van der Waals surface area contributed by atoms with Crippen LogP contribution in [0.25, 0.3) is 0 Å². The third kappa shape index (κ3) is 3.17. The van der Waals surface area contributed by atoms with Crippen molar-refractivity contribution in [2.24, 2.45) is 52.3 Å². The highest BCUT2D eigenvalue weighted by Gasteiger charge is 2.70. The van der Waals surface area contributed by atoms with Gasteiger partial charge in [-0.1, -0.05) is 27.7 Å². The van der Waals surface area contributed by atoms with Crippen LogP contribution in [0.4, 0.5) is 0 Å². The minimum Gasteiger partial charge on any atom is -0.463 e. The van der Waals surface area contributed by atoms with Gasteiger partial charge < -0.3 is 14.2 Å². The molecule has 34 heavy (non-hydrogen) atoms. The molecule has 0 radical (unpaired) electrons. The lowest BCUT2D eigenvalue weighted by molar-refractivity contribution is -0.272. The summed E-state index contributed by atoms with van der Waals surface area (Å²) in [5.74, 6) is 2.86. The van der Waals surface area contributed by atoms with Crippen molar-refractivity contribution in [1.82, 2.24) is 0 Å². The third-order valence-electron chi connectivity index (χ3n) is 11.9. The molecule has 2 saturated heterocycles. The van der Waals surface area contributed by atoms with Gasteiger partial charge in [0.05, 0.1) is 12.7 Å². The molecule has 2 aliphatic heterocycles. The van der Waals surface area contributed by atoms with E-state index in [4.69, 9.17) is 14.2 Å². The molecule has 190 valence electrons. The largest absolute Gasteiger partial charge is 0.463 e. The zero-order valence-electron chi connectivity index (χ0n) is 21.8. The fourth-order valence-electron chi connectivity index (χ4n) is 10.5. The number of esters is 1. The predicted octanol–water partition coefficient (Wildman–Crippen LogP) is 5.54. The van der Waals surface area contributed by atoms with Gasteiger partial charge in [0.15, 0.2) is 5.79 Å². The van der Waals surface area contributed by atoms with Gasteiger partial charge in [-0.05, 0) is 85.4 Å². The van der Waals surface area contributed by atoms with Crippen molar-refractivity contribution < 1.29 is 23.8 Å². The molecule has 4 aliphatic carbocycles. The molecule has 2 heterocycles. The zero-order chi connectivity index (χ0) is 24.0. The van der Waals surface area contributed by atoms with Gasteiger partial charge in [0.25, 0.3) is 0 Å². The molecular formula is C29H44O5. The van der Waals surface area contributed by atoms with Crippen LogP contribution in [0.1, 0.15) is 92.4 Å². The molecule has 0 aromatic heterocycles. The molecule has 4 saturated carbocycles. The monoisotopic (exact) mass is 472 g/mol. The van der Waals surface area contributed by atoms with Crippen LogP contribution in [0.2, 0.25) is 0 Å². The molecule has 0 amide bonds. The summed E-state index contributed by atoms with van der Waals surface area (Å²) in [6.07, 6.45) is 9.35. The summed E-state index contributed by atoms with van der Waals surface area (Å²) in [6, 6.07) is 0. The maximum absolute atomic E-state index is 14.1. The third-order valence-corrected chi connectivity index (χ3v) is 11.9. The summed E-state index contributed by atoms with van der Waals surface area (Å²) in [4.78, 5) is 25.8. The van der Waals surface area contributed by atoms with Crippen LogP contribution in [-0.4, -0.2) is 36.4 Å². The van der Waals surface area contributed by atoms with E-state index < -0.39 is 5.79 Å². The first-order valence-corrected chi connectivity index (χ1v) is 14.1. The van der Waals surface area contributed by atoms with E-state index in [0.29, 0.717) is 47.7 Å². The number of Topliss-reactive ketones (excluding diaryl/α,β-unsaturated/α-hetero) is 1. The summed E-state index contributed by atoms with van der Waals surface area (Å²) < 4.78 is 19.0. The van der Waals surface area contributed by atoms with Gasteiger partial charge in [0.2, 0.25) is 0 Å². The number of hydrogen-bond acceptors (Lipinski definition) is 5. The Kier molecular flexibility index (Phi) is 5.37. The predicted molar refractivity (Wildman–Crippen MR) is 128 cm³/mol. The first-order chi connectivity index (χ1) is 16.1. The molecule has 0 N–H and O–H groups in total. The lowest BCUT2D eigenvalue weighted by Gasteiger charge is -2.60. The number of fused-ring (bicyclic) bond motifs is 7. The lowest BCUT2D eigenvalue weighted by Crippen LogP contribution is -2.59. The molecule has 0 bridgehead atoms. The molecule has 5 nitrogen and oxygen atoms in total. The summed E-state index contributed by atoms with van der Waals surface area (Å²) in [5, 5.41) is 0. The van der Waals surface area contributed by atoms with E-state index in [1.165, 1.54) is 19.8 Å². The molecule has 0 aromatic carbocycles. The Morgan fingerprint density at radius 2 is 1.82 bits per heavy atom. The summed E-state index contributed by atoms with van der Waals surface area (Å²) in [7, 11) is 0. The molecule has 6 fully saturated rings. The maximum Gasteiger partial charge on any atom is 0.302 e. The van der Waals surface area contributed by atoms with Crippen LogP contribution in [0.3, 0.4) is 0 Å². The van der Waals surface area contributed by atoms with Crippen molar-refractivity contribution in [2.75, 3.05) is 6.61 Å². The summed E-state index contributed by atoms with van der Waals surface area (Å²) in [5.41, 5.74) is -0.0425.